The fourth-order valence-corrected chi connectivity index (χ4v) is 4.91. The quantitative estimate of drug-likeness (QED) is 0.560. The monoisotopic (exact) mass is 438 g/mol. The molecule has 0 spiro atoms. The van der Waals surface area contributed by atoms with E-state index in [1.807, 2.05) is 48.5 Å². The summed E-state index contributed by atoms with van der Waals surface area (Å²) in [5.74, 6) is 2.08. The number of methoxy groups -OCH3 is 1. The van der Waals surface area contributed by atoms with Crippen molar-refractivity contribution in [1.82, 2.24) is 4.57 Å². The van der Waals surface area contributed by atoms with E-state index in [1.54, 1.807) is 23.6 Å². The van der Waals surface area contributed by atoms with Gasteiger partial charge in [-0.2, -0.15) is 0 Å². The van der Waals surface area contributed by atoms with Crippen LogP contribution in [0.5, 0.6) is 11.5 Å². The molecule has 0 bridgehead atoms. The maximum atomic E-state index is 13.3. The second-order valence-electron chi connectivity index (χ2n) is 8.05. The first-order valence-electron chi connectivity index (χ1n) is 10.3. The fourth-order valence-electron chi connectivity index (χ4n) is 3.81. The Morgan fingerprint density at radius 1 is 1.10 bits per heavy atom. The zero-order valence-corrected chi connectivity index (χ0v) is 18.9. The van der Waals surface area contributed by atoms with E-state index in [4.69, 9.17) is 9.47 Å². The second kappa shape index (κ2) is 8.59. The third-order valence-electron chi connectivity index (χ3n) is 5.34. The van der Waals surface area contributed by atoms with Gasteiger partial charge in [0.25, 0.3) is 0 Å². The van der Waals surface area contributed by atoms with Gasteiger partial charge in [0.1, 0.15) is 5.82 Å². The summed E-state index contributed by atoms with van der Waals surface area (Å²) in [5.41, 5.74) is 1.69. The Hall–Kier alpha value is -3.06. The molecule has 162 valence electrons. The van der Waals surface area contributed by atoms with Crippen LogP contribution in [0.1, 0.15) is 36.6 Å². The van der Waals surface area contributed by atoms with Gasteiger partial charge in [0.15, 0.2) is 11.5 Å². The molecule has 31 heavy (non-hydrogen) atoms. The Balaban J connectivity index is 1.77. The maximum absolute atomic E-state index is 13.3. The molecule has 0 radical (unpaired) electrons. The predicted octanol–water partition coefficient (Wildman–Crippen LogP) is 4.69. The van der Waals surface area contributed by atoms with Crippen LogP contribution in [0.4, 0.5) is 11.5 Å². The second-order valence-corrected chi connectivity index (χ2v) is 9.04. The smallest absolute Gasteiger partial charge is 0.308 e. The van der Waals surface area contributed by atoms with Crippen molar-refractivity contribution in [2.24, 2.45) is 13.0 Å². The lowest BCUT2D eigenvalue weighted by atomic mass is 9.90. The molecule has 1 aliphatic rings. The van der Waals surface area contributed by atoms with Crippen molar-refractivity contribution in [3.8, 4) is 11.5 Å². The molecule has 1 aliphatic heterocycles. The molecule has 0 saturated heterocycles. The van der Waals surface area contributed by atoms with E-state index in [0.717, 1.165) is 16.1 Å². The number of fused-ring (bicyclic) bond motifs is 1. The summed E-state index contributed by atoms with van der Waals surface area (Å²) in [6, 6.07) is 15.2. The van der Waals surface area contributed by atoms with E-state index in [9.17, 15) is 9.59 Å². The van der Waals surface area contributed by atoms with E-state index in [-0.39, 0.29) is 23.1 Å². The summed E-state index contributed by atoms with van der Waals surface area (Å²) < 4.78 is 13.0. The van der Waals surface area contributed by atoms with Crippen LogP contribution in [0.2, 0.25) is 0 Å². The number of benzene rings is 2. The topological polar surface area (TPSA) is 60.8 Å². The molecule has 4 rings (SSSR count). The summed E-state index contributed by atoms with van der Waals surface area (Å²) in [6.07, 6.45) is 0.275. The van der Waals surface area contributed by atoms with Crippen LogP contribution in [0.3, 0.4) is 0 Å². The molecule has 0 N–H and O–H groups in total. The first-order chi connectivity index (χ1) is 14.9. The number of thiazole rings is 1. The van der Waals surface area contributed by atoms with Crippen LogP contribution in [0.15, 0.2) is 53.3 Å². The van der Waals surface area contributed by atoms with E-state index < -0.39 is 0 Å². The SMILES string of the molecule is COc1cc([C@@H]2CC(=O)N(c3ccccc3)c3c2sc(=O)n3C)ccc1OCC(C)C. The minimum atomic E-state index is -0.214. The third kappa shape index (κ3) is 3.97. The van der Waals surface area contributed by atoms with Crippen molar-refractivity contribution in [1.29, 1.82) is 0 Å². The molecule has 3 aromatic rings. The first kappa shape index (κ1) is 21.2. The van der Waals surface area contributed by atoms with Crippen LogP contribution in [-0.4, -0.2) is 24.2 Å². The molecule has 2 heterocycles. The standard InChI is InChI=1S/C24H26N2O4S/c1-15(2)14-30-19-11-10-16(12-20(19)29-4)18-13-21(27)26(17-8-6-5-7-9-17)23-22(18)31-24(28)25(23)3/h5-12,15,18H,13-14H2,1-4H3/t18-/m0/s1. The Kier molecular flexibility index (Phi) is 5.87. The van der Waals surface area contributed by atoms with Crippen LogP contribution in [0, 0.1) is 5.92 Å². The highest BCUT2D eigenvalue weighted by atomic mass is 32.1. The van der Waals surface area contributed by atoms with Crippen molar-refractivity contribution in [3.63, 3.8) is 0 Å². The number of anilines is 2. The molecule has 1 aromatic heterocycles. The molecular weight excluding hydrogens is 412 g/mol. The van der Waals surface area contributed by atoms with Crippen molar-refractivity contribution in [2.45, 2.75) is 26.2 Å². The Morgan fingerprint density at radius 2 is 1.84 bits per heavy atom. The van der Waals surface area contributed by atoms with Crippen molar-refractivity contribution >= 4 is 28.7 Å². The molecule has 7 heteroatoms. The number of carbonyl (C=O) groups excluding carboxylic acids is 1. The van der Waals surface area contributed by atoms with E-state index in [1.165, 1.54) is 11.3 Å². The molecular formula is C24H26N2O4S. The fraction of sp³-hybridized carbons (Fsp3) is 0.333. The number of hydrogen-bond donors (Lipinski definition) is 0. The molecule has 6 nitrogen and oxygen atoms in total. The minimum absolute atomic E-state index is 0.0452. The number of aromatic nitrogens is 1. The van der Waals surface area contributed by atoms with Gasteiger partial charge in [-0.3, -0.25) is 19.1 Å². The molecule has 0 unspecified atom stereocenters. The lowest BCUT2D eigenvalue weighted by Gasteiger charge is -2.32. The number of amides is 1. The van der Waals surface area contributed by atoms with Gasteiger partial charge in [-0.05, 0) is 35.7 Å². The molecule has 2 aromatic carbocycles. The van der Waals surface area contributed by atoms with E-state index in [0.29, 0.717) is 29.8 Å². The molecule has 1 atom stereocenters. The van der Waals surface area contributed by atoms with Gasteiger partial charge in [-0.1, -0.05) is 49.4 Å². The first-order valence-corrected chi connectivity index (χ1v) is 11.1. The number of carbonyl (C=O) groups is 1. The van der Waals surface area contributed by atoms with Gasteiger partial charge in [0.05, 0.1) is 24.3 Å². The predicted molar refractivity (Wildman–Crippen MR) is 123 cm³/mol. The number of rotatable bonds is 6. The van der Waals surface area contributed by atoms with Crippen molar-refractivity contribution < 1.29 is 14.3 Å². The van der Waals surface area contributed by atoms with Crippen LogP contribution in [-0.2, 0) is 11.8 Å². The third-order valence-corrected chi connectivity index (χ3v) is 6.48. The largest absolute Gasteiger partial charge is 0.493 e. The van der Waals surface area contributed by atoms with E-state index in [2.05, 4.69) is 13.8 Å². The van der Waals surface area contributed by atoms with Crippen LogP contribution in [0.25, 0.3) is 0 Å². The molecule has 0 aliphatic carbocycles. The van der Waals surface area contributed by atoms with Crippen LogP contribution < -0.4 is 19.2 Å². The van der Waals surface area contributed by atoms with Gasteiger partial charge in [-0.15, -0.1) is 0 Å². The van der Waals surface area contributed by atoms with Gasteiger partial charge in [0.2, 0.25) is 5.91 Å². The minimum Gasteiger partial charge on any atom is -0.493 e. The van der Waals surface area contributed by atoms with Gasteiger partial charge < -0.3 is 9.47 Å². The highest BCUT2D eigenvalue weighted by Gasteiger charge is 2.37. The summed E-state index contributed by atoms with van der Waals surface area (Å²) >= 11 is 1.19. The van der Waals surface area contributed by atoms with E-state index >= 15 is 0 Å². The Morgan fingerprint density at radius 3 is 2.52 bits per heavy atom. The average Bonchev–Trinajstić information content (AvgIpc) is 3.06. The zero-order valence-electron chi connectivity index (χ0n) is 18.1. The van der Waals surface area contributed by atoms with Crippen LogP contribution >= 0.6 is 11.3 Å². The average molecular weight is 439 g/mol. The normalized spacial score (nSPS) is 15.8. The number of hydrogen-bond acceptors (Lipinski definition) is 5. The molecule has 1 amide bonds. The molecule has 0 fully saturated rings. The Labute approximate surface area is 185 Å². The van der Waals surface area contributed by atoms with Gasteiger partial charge >= 0.3 is 4.87 Å². The number of para-hydroxylation sites is 1. The summed E-state index contributed by atoms with van der Waals surface area (Å²) in [5, 5.41) is 0. The summed E-state index contributed by atoms with van der Waals surface area (Å²) in [7, 11) is 3.32. The maximum Gasteiger partial charge on any atom is 0.308 e. The lowest BCUT2D eigenvalue weighted by Crippen LogP contribution is -2.34. The lowest BCUT2D eigenvalue weighted by molar-refractivity contribution is -0.118. The highest BCUT2D eigenvalue weighted by Crippen LogP contribution is 2.45. The van der Waals surface area contributed by atoms with Gasteiger partial charge in [0, 0.05) is 19.4 Å². The highest BCUT2D eigenvalue weighted by molar-refractivity contribution is 7.10. The van der Waals surface area contributed by atoms with Gasteiger partial charge in [-0.25, -0.2) is 0 Å². The number of ether oxygens (including phenoxy) is 2. The Bertz CT molecular complexity index is 1150. The van der Waals surface area contributed by atoms with Crippen molar-refractivity contribution in [3.05, 3.63) is 68.6 Å². The van der Waals surface area contributed by atoms with Crippen molar-refractivity contribution in [2.75, 3.05) is 18.6 Å². The summed E-state index contributed by atoms with van der Waals surface area (Å²) in [4.78, 5) is 28.3. The summed E-state index contributed by atoms with van der Waals surface area (Å²) in [6.45, 7) is 4.77. The molecule has 0 saturated carbocycles. The number of nitrogens with zero attached hydrogens (tertiary/aromatic N) is 2. The zero-order chi connectivity index (χ0) is 22.1.